The maximum absolute atomic E-state index is 14.1. The Balaban J connectivity index is 1.48. The molecule has 3 fully saturated rings. The number of nitrogens with one attached hydrogen (secondary N) is 2. The van der Waals surface area contributed by atoms with Crippen molar-refractivity contribution in [2.45, 2.75) is 68.6 Å². The summed E-state index contributed by atoms with van der Waals surface area (Å²) in [5.41, 5.74) is -1.92. The van der Waals surface area contributed by atoms with Gasteiger partial charge in [-0.15, -0.1) is 0 Å². The molecule has 2 bridgehead atoms. The minimum absolute atomic E-state index is 0.0158. The van der Waals surface area contributed by atoms with Gasteiger partial charge in [-0.3, -0.25) is 14.4 Å². The van der Waals surface area contributed by atoms with E-state index in [0.717, 1.165) is 32.1 Å². The molecule has 0 radical (unpaired) electrons. The topological polar surface area (TPSA) is 106 Å². The Labute approximate surface area is 232 Å². The molecule has 1 spiro atoms. The summed E-state index contributed by atoms with van der Waals surface area (Å²) in [6, 6.07) is 3.84. The van der Waals surface area contributed by atoms with Crippen LogP contribution in [0.4, 0.5) is 5.69 Å². The monoisotopic (exact) mass is 565 g/mol. The molecule has 11 heteroatoms. The van der Waals surface area contributed by atoms with Crippen LogP contribution in [0, 0.1) is 11.8 Å². The number of amides is 3. The number of anilines is 1. The van der Waals surface area contributed by atoms with Crippen molar-refractivity contribution in [3.05, 3.63) is 40.4 Å². The van der Waals surface area contributed by atoms with Crippen LogP contribution in [0.1, 0.15) is 39.0 Å². The molecule has 5 unspecified atom stereocenters. The summed E-state index contributed by atoms with van der Waals surface area (Å²) >= 11 is 12.2. The molecular weight excluding hydrogens is 533 g/mol. The fraction of sp³-hybridized carbons (Fsp3) is 0.593. The van der Waals surface area contributed by atoms with E-state index in [0.29, 0.717) is 15.7 Å². The summed E-state index contributed by atoms with van der Waals surface area (Å²) in [7, 11) is 2.95. The highest BCUT2D eigenvalue weighted by Crippen LogP contribution is 2.59. The standard InChI is InChI=1S/C27H33Cl2N3O6/c1-26-11-12-27(38-26)21(20(26)23(33)31-16-9-10-17(28)18(29)13-16)25(35)32(14-19(36-2)37-3)22(27)24(34)30-15-7-5-4-6-8-15/h9-13,15,19-22H,4-8,14H2,1-3H3,(H,30,34)(H,31,33). The number of benzene rings is 1. The van der Waals surface area contributed by atoms with Crippen molar-refractivity contribution >= 4 is 46.6 Å². The van der Waals surface area contributed by atoms with Gasteiger partial charge in [-0.25, -0.2) is 0 Å². The molecule has 2 N–H and O–H groups in total. The van der Waals surface area contributed by atoms with E-state index < -0.39 is 41.3 Å². The third-order valence-corrected chi connectivity index (χ3v) is 9.08. The van der Waals surface area contributed by atoms with E-state index in [2.05, 4.69) is 10.6 Å². The van der Waals surface area contributed by atoms with Gasteiger partial charge in [0.25, 0.3) is 0 Å². The van der Waals surface area contributed by atoms with Crippen molar-refractivity contribution in [2.24, 2.45) is 11.8 Å². The number of hydrogen-bond acceptors (Lipinski definition) is 6. The largest absolute Gasteiger partial charge is 0.356 e. The lowest BCUT2D eigenvalue weighted by molar-refractivity contribution is -0.156. The third kappa shape index (κ3) is 4.52. The highest BCUT2D eigenvalue weighted by atomic mass is 35.5. The van der Waals surface area contributed by atoms with Gasteiger partial charge in [0.05, 0.1) is 34.0 Å². The second-order valence-electron chi connectivity index (χ2n) is 10.7. The van der Waals surface area contributed by atoms with Gasteiger partial charge in [0, 0.05) is 25.9 Å². The Hall–Kier alpha value is -2.17. The predicted molar refractivity (Wildman–Crippen MR) is 142 cm³/mol. The zero-order chi connectivity index (χ0) is 27.2. The summed E-state index contributed by atoms with van der Waals surface area (Å²) in [5, 5.41) is 6.68. The van der Waals surface area contributed by atoms with Gasteiger partial charge in [0.2, 0.25) is 17.7 Å². The summed E-state index contributed by atoms with van der Waals surface area (Å²) in [6.45, 7) is 1.79. The number of carbonyl (C=O) groups is 3. The lowest BCUT2D eigenvalue weighted by Gasteiger charge is -2.35. The Kier molecular flexibility index (Phi) is 7.52. The van der Waals surface area contributed by atoms with Gasteiger partial charge in [-0.2, -0.15) is 0 Å². The van der Waals surface area contributed by atoms with Crippen molar-refractivity contribution in [3.8, 4) is 0 Å². The smallest absolute Gasteiger partial charge is 0.246 e. The first-order valence-electron chi connectivity index (χ1n) is 13.0. The second kappa shape index (κ2) is 10.4. The van der Waals surface area contributed by atoms with E-state index in [4.69, 9.17) is 37.4 Å². The minimum atomic E-state index is -1.30. The Morgan fingerprint density at radius 2 is 1.82 bits per heavy atom. The van der Waals surface area contributed by atoms with Gasteiger partial charge in [-0.1, -0.05) is 54.6 Å². The number of hydrogen-bond donors (Lipinski definition) is 2. The van der Waals surface area contributed by atoms with E-state index in [1.165, 1.54) is 19.1 Å². The SMILES string of the molecule is COC(CN1C(=O)C2C(C(=O)Nc3ccc(Cl)c(Cl)c3)C3(C)C=CC2(O3)C1C(=O)NC1CCCCC1)OC. The lowest BCUT2D eigenvalue weighted by atomic mass is 9.70. The predicted octanol–water partition coefficient (Wildman–Crippen LogP) is 3.54. The second-order valence-corrected chi connectivity index (χ2v) is 11.5. The Morgan fingerprint density at radius 3 is 2.47 bits per heavy atom. The molecule has 0 aromatic heterocycles. The highest BCUT2D eigenvalue weighted by Gasteiger charge is 2.76. The van der Waals surface area contributed by atoms with Crippen LogP contribution < -0.4 is 10.6 Å². The first-order chi connectivity index (χ1) is 18.1. The maximum atomic E-state index is 14.1. The summed E-state index contributed by atoms with van der Waals surface area (Å²) in [5.74, 6) is -2.84. The number of rotatable bonds is 8. The van der Waals surface area contributed by atoms with E-state index in [1.807, 2.05) is 0 Å². The van der Waals surface area contributed by atoms with E-state index in [9.17, 15) is 14.4 Å². The van der Waals surface area contributed by atoms with Crippen LogP contribution in [0.5, 0.6) is 0 Å². The molecule has 3 heterocycles. The van der Waals surface area contributed by atoms with Crippen LogP contribution in [-0.4, -0.2) is 73.0 Å². The van der Waals surface area contributed by atoms with Gasteiger partial charge in [0.15, 0.2) is 6.29 Å². The first-order valence-corrected chi connectivity index (χ1v) is 13.7. The van der Waals surface area contributed by atoms with Crippen molar-refractivity contribution < 1.29 is 28.6 Å². The average molecular weight is 566 g/mol. The fourth-order valence-corrected chi connectivity index (χ4v) is 6.85. The number of carbonyl (C=O) groups excluding carboxylic acids is 3. The molecule has 2 saturated heterocycles. The molecule has 5 rings (SSSR count). The average Bonchev–Trinajstić information content (AvgIpc) is 3.46. The number of nitrogens with zero attached hydrogens (tertiary/aromatic N) is 1. The van der Waals surface area contributed by atoms with E-state index >= 15 is 0 Å². The van der Waals surface area contributed by atoms with Crippen LogP contribution in [0.3, 0.4) is 0 Å². The van der Waals surface area contributed by atoms with Crippen LogP contribution in [0.15, 0.2) is 30.4 Å². The maximum Gasteiger partial charge on any atom is 0.246 e. The molecule has 3 amide bonds. The molecule has 206 valence electrons. The number of likely N-dealkylation sites (tertiary alicyclic amines) is 1. The summed E-state index contributed by atoms with van der Waals surface area (Å²) in [6.07, 6.45) is 7.87. The van der Waals surface area contributed by atoms with Crippen LogP contribution in [0.2, 0.25) is 10.0 Å². The molecule has 38 heavy (non-hydrogen) atoms. The van der Waals surface area contributed by atoms with Gasteiger partial charge < -0.3 is 29.7 Å². The number of methoxy groups -OCH3 is 2. The van der Waals surface area contributed by atoms with Gasteiger partial charge >= 0.3 is 0 Å². The molecule has 1 aromatic carbocycles. The van der Waals surface area contributed by atoms with Gasteiger partial charge in [-0.05, 0) is 38.0 Å². The zero-order valence-electron chi connectivity index (χ0n) is 21.7. The normalized spacial score (nSPS) is 32.2. The summed E-state index contributed by atoms with van der Waals surface area (Å²) in [4.78, 5) is 43.1. The molecule has 1 aliphatic carbocycles. The number of halogens is 2. The molecule has 1 aromatic rings. The summed E-state index contributed by atoms with van der Waals surface area (Å²) < 4.78 is 17.3. The quantitative estimate of drug-likeness (QED) is 0.369. The molecule has 5 atom stereocenters. The molecule has 4 aliphatic rings. The molecule has 3 aliphatic heterocycles. The number of fused-ring (bicyclic) bond motifs is 1. The van der Waals surface area contributed by atoms with Crippen LogP contribution >= 0.6 is 23.2 Å². The lowest BCUT2D eigenvalue weighted by Crippen LogP contribution is -2.57. The van der Waals surface area contributed by atoms with Crippen molar-refractivity contribution in [1.82, 2.24) is 10.2 Å². The molecular formula is C27H33Cl2N3O6. The molecule has 9 nitrogen and oxygen atoms in total. The highest BCUT2D eigenvalue weighted by molar-refractivity contribution is 6.42. The van der Waals surface area contributed by atoms with Crippen molar-refractivity contribution in [1.29, 1.82) is 0 Å². The van der Waals surface area contributed by atoms with Crippen molar-refractivity contribution in [3.63, 3.8) is 0 Å². The van der Waals surface area contributed by atoms with Crippen LogP contribution in [-0.2, 0) is 28.6 Å². The fourth-order valence-electron chi connectivity index (χ4n) is 6.55. The molecule has 1 saturated carbocycles. The zero-order valence-corrected chi connectivity index (χ0v) is 23.2. The van der Waals surface area contributed by atoms with Gasteiger partial charge in [0.1, 0.15) is 11.6 Å². The Morgan fingerprint density at radius 1 is 1.11 bits per heavy atom. The first kappa shape index (κ1) is 27.4. The van der Waals surface area contributed by atoms with Crippen molar-refractivity contribution in [2.75, 3.05) is 26.1 Å². The third-order valence-electron chi connectivity index (χ3n) is 8.34. The van der Waals surface area contributed by atoms with E-state index in [-0.39, 0.29) is 24.4 Å². The Bertz CT molecular complexity index is 1150. The number of ether oxygens (including phenoxy) is 3. The minimum Gasteiger partial charge on any atom is -0.356 e. The van der Waals surface area contributed by atoms with E-state index in [1.54, 1.807) is 37.3 Å². The van der Waals surface area contributed by atoms with Crippen LogP contribution in [0.25, 0.3) is 0 Å².